The van der Waals surface area contributed by atoms with Crippen molar-refractivity contribution in [2.24, 2.45) is 0 Å². The van der Waals surface area contributed by atoms with E-state index < -0.39 is 6.04 Å². The van der Waals surface area contributed by atoms with E-state index in [-0.39, 0.29) is 45.2 Å². The molecule has 1 aliphatic rings. The number of nitrogens with zero attached hydrogens (tertiary/aromatic N) is 5. The fourth-order valence-electron chi connectivity index (χ4n) is 4.78. The SMILES string of the molecule is CC(Nc1ncnc(N)c1C#N)c1nc2cccc(Cl)c2c(=O)n1-c1cccc(NC(=O)NC2CCCC2)c1. The average molecular weight is 544 g/mol. The summed E-state index contributed by atoms with van der Waals surface area (Å²) in [5, 5.41) is 19.1. The van der Waals surface area contributed by atoms with Crippen molar-refractivity contribution >= 4 is 45.9 Å². The van der Waals surface area contributed by atoms with E-state index in [4.69, 9.17) is 22.3 Å². The maximum atomic E-state index is 13.9. The number of amides is 2. The van der Waals surface area contributed by atoms with Crippen LogP contribution in [0.25, 0.3) is 16.6 Å². The molecule has 1 unspecified atom stereocenters. The number of carbonyl (C=O) groups is 1. The molecule has 2 aromatic heterocycles. The van der Waals surface area contributed by atoms with Gasteiger partial charge in [0, 0.05) is 11.7 Å². The summed E-state index contributed by atoms with van der Waals surface area (Å²) in [4.78, 5) is 39.3. The molecule has 0 bridgehead atoms. The van der Waals surface area contributed by atoms with Crippen molar-refractivity contribution in [2.75, 3.05) is 16.4 Å². The Labute approximate surface area is 229 Å². The number of anilines is 3. The van der Waals surface area contributed by atoms with E-state index in [9.17, 15) is 14.9 Å². The highest BCUT2D eigenvalue weighted by Crippen LogP contribution is 2.27. The molecule has 0 radical (unpaired) electrons. The third kappa shape index (κ3) is 5.32. The van der Waals surface area contributed by atoms with E-state index in [0.29, 0.717) is 22.7 Å². The van der Waals surface area contributed by atoms with Crippen LogP contribution in [0.2, 0.25) is 5.02 Å². The Morgan fingerprint density at radius 3 is 2.74 bits per heavy atom. The van der Waals surface area contributed by atoms with Crippen LogP contribution in [-0.2, 0) is 0 Å². The van der Waals surface area contributed by atoms with E-state index in [1.54, 1.807) is 49.4 Å². The Morgan fingerprint density at radius 1 is 1.21 bits per heavy atom. The number of benzene rings is 2. The van der Waals surface area contributed by atoms with E-state index in [1.165, 1.54) is 10.9 Å². The molecule has 2 aromatic carbocycles. The van der Waals surface area contributed by atoms with Gasteiger partial charge in [-0.15, -0.1) is 0 Å². The normalized spacial score (nSPS) is 14.1. The van der Waals surface area contributed by atoms with E-state index >= 15 is 0 Å². The van der Waals surface area contributed by atoms with Crippen molar-refractivity contribution in [3.8, 4) is 11.8 Å². The Morgan fingerprint density at radius 2 is 1.97 bits per heavy atom. The molecule has 11 nitrogen and oxygen atoms in total. The number of aromatic nitrogens is 4. The van der Waals surface area contributed by atoms with Gasteiger partial charge in [0.15, 0.2) is 0 Å². The van der Waals surface area contributed by atoms with Crippen LogP contribution < -0.4 is 27.2 Å². The Kier molecular flexibility index (Phi) is 7.29. The molecule has 1 fully saturated rings. The van der Waals surface area contributed by atoms with Crippen LogP contribution >= 0.6 is 11.6 Å². The van der Waals surface area contributed by atoms with E-state index in [1.807, 2.05) is 6.07 Å². The Balaban J connectivity index is 1.57. The number of urea groups is 1. The smallest absolute Gasteiger partial charge is 0.319 e. The molecule has 39 heavy (non-hydrogen) atoms. The van der Waals surface area contributed by atoms with Crippen LogP contribution in [0.15, 0.2) is 53.6 Å². The standard InChI is InChI=1S/C27H26ClN9O2/c1-15(33-24-19(13-29)23(30)31-14-32-24)25-36-21-11-5-10-20(28)22(21)26(38)37(25)18-9-4-8-17(12-18)35-27(39)34-16-6-2-3-7-16/h4-5,8-12,14-16H,2-3,6-7H2,1H3,(H2,34,35,39)(H3,30,31,32,33). The van der Waals surface area contributed by atoms with Gasteiger partial charge in [-0.3, -0.25) is 9.36 Å². The Bertz CT molecular complexity index is 1660. The van der Waals surface area contributed by atoms with Crippen molar-refractivity contribution < 1.29 is 4.79 Å². The van der Waals surface area contributed by atoms with Gasteiger partial charge < -0.3 is 21.7 Å². The fraction of sp³-hybridized carbons (Fsp3) is 0.259. The number of hydrogen-bond acceptors (Lipinski definition) is 8. The molecule has 0 aliphatic heterocycles. The lowest BCUT2D eigenvalue weighted by Crippen LogP contribution is -2.36. The van der Waals surface area contributed by atoms with Gasteiger partial charge in [0.25, 0.3) is 5.56 Å². The molecule has 1 atom stereocenters. The summed E-state index contributed by atoms with van der Waals surface area (Å²) in [6.07, 6.45) is 5.39. The highest BCUT2D eigenvalue weighted by Gasteiger charge is 2.22. The maximum Gasteiger partial charge on any atom is 0.319 e. The number of nitrogen functional groups attached to an aromatic ring is 1. The molecule has 1 saturated carbocycles. The maximum absolute atomic E-state index is 13.9. The van der Waals surface area contributed by atoms with Gasteiger partial charge >= 0.3 is 6.03 Å². The monoisotopic (exact) mass is 543 g/mol. The van der Waals surface area contributed by atoms with E-state index in [0.717, 1.165) is 25.7 Å². The second kappa shape index (κ2) is 11.0. The van der Waals surface area contributed by atoms with Crippen LogP contribution in [0.1, 0.15) is 50.0 Å². The first-order valence-electron chi connectivity index (χ1n) is 12.5. The number of hydrogen-bond donors (Lipinski definition) is 4. The molecule has 2 amide bonds. The summed E-state index contributed by atoms with van der Waals surface area (Å²) in [6.45, 7) is 1.78. The van der Waals surface area contributed by atoms with Gasteiger partial charge in [-0.25, -0.2) is 19.7 Å². The summed E-state index contributed by atoms with van der Waals surface area (Å²) >= 11 is 6.42. The lowest BCUT2D eigenvalue weighted by molar-refractivity contribution is 0.248. The van der Waals surface area contributed by atoms with Gasteiger partial charge in [-0.1, -0.05) is 36.6 Å². The number of carbonyl (C=O) groups excluding carboxylic acids is 1. The summed E-state index contributed by atoms with van der Waals surface area (Å²) in [7, 11) is 0. The zero-order valence-electron chi connectivity index (χ0n) is 21.1. The lowest BCUT2D eigenvalue weighted by atomic mass is 10.2. The number of halogens is 1. The molecule has 5 N–H and O–H groups in total. The minimum absolute atomic E-state index is 0.0347. The predicted molar refractivity (Wildman–Crippen MR) is 150 cm³/mol. The van der Waals surface area contributed by atoms with Crippen molar-refractivity contribution in [3.05, 3.63) is 75.6 Å². The highest BCUT2D eigenvalue weighted by molar-refractivity contribution is 6.35. The molecule has 0 saturated heterocycles. The van der Waals surface area contributed by atoms with Crippen LogP contribution in [-0.4, -0.2) is 31.6 Å². The Hall–Kier alpha value is -4.69. The van der Waals surface area contributed by atoms with Crippen molar-refractivity contribution in [1.29, 1.82) is 5.26 Å². The minimum atomic E-state index is -0.607. The third-order valence-corrected chi connectivity index (χ3v) is 6.97. The first kappa shape index (κ1) is 25.9. The minimum Gasteiger partial charge on any atom is -0.382 e. The average Bonchev–Trinajstić information content (AvgIpc) is 3.41. The molecule has 198 valence electrons. The lowest BCUT2D eigenvalue weighted by Gasteiger charge is -2.21. The number of rotatable bonds is 6. The number of nitrogens with one attached hydrogen (secondary N) is 3. The number of fused-ring (bicyclic) bond motifs is 1. The highest BCUT2D eigenvalue weighted by atomic mass is 35.5. The molecule has 4 aromatic rings. The zero-order chi connectivity index (χ0) is 27.5. The summed E-state index contributed by atoms with van der Waals surface area (Å²) in [6, 6.07) is 13.2. The second-order valence-corrected chi connectivity index (χ2v) is 9.74. The molecule has 5 rings (SSSR count). The quantitative estimate of drug-likeness (QED) is 0.275. The van der Waals surface area contributed by atoms with Crippen LogP contribution in [0.4, 0.5) is 22.1 Å². The second-order valence-electron chi connectivity index (χ2n) is 9.34. The molecule has 2 heterocycles. The van der Waals surface area contributed by atoms with Crippen molar-refractivity contribution in [1.82, 2.24) is 24.8 Å². The van der Waals surface area contributed by atoms with Gasteiger partial charge in [-0.05, 0) is 50.1 Å². The largest absolute Gasteiger partial charge is 0.382 e. The van der Waals surface area contributed by atoms with Crippen molar-refractivity contribution in [3.63, 3.8) is 0 Å². The van der Waals surface area contributed by atoms with Gasteiger partial charge in [0.2, 0.25) is 0 Å². The molecule has 1 aliphatic carbocycles. The molecule has 0 spiro atoms. The summed E-state index contributed by atoms with van der Waals surface area (Å²) in [5.74, 6) is 0.583. The predicted octanol–water partition coefficient (Wildman–Crippen LogP) is 4.52. The van der Waals surface area contributed by atoms with Crippen LogP contribution in [0.3, 0.4) is 0 Å². The molecular weight excluding hydrogens is 518 g/mol. The number of nitriles is 1. The zero-order valence-corrected chi connectivity index (χ0v) is 21.9. The first-order valence-corrected chi connectivity index (χ1v) is 12.9. The molecular formula is C27H26ClN9O2. The first-order chi connectivity index (χ1) is 18.9. The topological polar surface area (TPSA) is 164 Å². The van der Waals surface area contributed by atoms with Crippen LogP contribution in [0.5, 0.6) is 0 Å². The number of nitrogens with two attached hydrogens (primary N) is 1. The van der Waals surface area contributed by atoms with E-state index in [2.05, 4.69) is 25.9 Å². The fourth-order valence-corrected chi connectivity index (χ4v) is 5.03. The van der Waals surface area contributed by atoms with Gasteiger partial charge in [0.05, 0.1) is 27.7 Å². The summed E-state index contributed by atoms with van der Waals surface area (Å²) < 4.78 is 1.43. The van der Waals surface area contributed by atoms with Gasteiger partial charge in [0.1, 0.15) is 35.4 Å². The van der Waals surface area contributed by atoms with Gasteiger partial charge in [-0.2, -0.15) is 5.26 Å². The molecule has 12 heteroatoms. The summed E-state index contributed by atoms with van der Waals surface area (Å²) in [5.41, 5.74) is 6.95. The van der Waals surface area contributed by atoms with Crippen molar-refractivity contribution in [2.45, 2.75) is 44.7 Å². The third-order valence-electron chi connectivity index (χ3n) is 6.65. The van der Waals surface area contributed by atoms with Crippen LogP contribution in [0, 0.1) is 11.3 Å².